The van der Waals surface area contributed by atoms with Crippen molar-refractivity contribution in [1.82, 2.24) is 5.32 Å². The van der Waals surface area contributed by atoms with E-state index < -0.39 is 5.91 Å². The maximum absolute atomic E-state index is 11.7. The fourth-order valence-corrected chi connectivity index (χ4v) is 2.19. The third-order valence-corrected chi connectivity index (χ3v) is 3.23. The van der Waals surface area contributed by atoms with E-state index in [4.69, 9.17) is 10.8 Å². The smallest absolute Gasteiger partial charge is 0.261 e. The van der Waals surface area contributed by atoms with Gasteiger partial charge >= 0.3 is 0 Å². The Kier molecular flexibility index (Phi) is 5.36. The van der Waals surface area contributed by atoms with Gasteiger partial charge in [0.05, 0.1) is 9.75 Å². The Balaban J connectivity index is 2.66. The molecule has 2 amide bonds. The summed E-state index contributed by atoms with van der Waals surface area (Å²) in [5.74, 6) is 4.62. The van der Waals surface area contributed by atoms with Crippen molar-refractivity contribution >= 4 is 23.2 Å². The van der Waals surface area contributed by atoms with Crippen LogP contribution in [0, 0.1) is 18.8 Å². The van der Waals surface area contributed by atoms with E-state index in [1.165, 1.54) is 11.3 Å². The topological polar surface area (TPSA) is 92.4 Å². The van der Waals surface area contributed by atoms with Crippen LogP contribution in [0.4, 0.5) is 0 Å². The predicted octanol–water partition coefficient (Wildman–Crippen LogP) is 0.00552. The second kappa shape index (κ2) is 6.79. The van der Waals surface area contributed by atoms with Gasteiger partial charge in [0, 0.05) is 13.0 Å². The molecule has 0 saturated carbocycles. The first kappa shape index (κ1) is 14.2. The number of hydrogen-bond donors (Lipinski definition) is 3. The molecule has 4 N–H and O–H groups in total. The molecule has 0 atom stereocenters. The number of primary amides is 1. The molecule has 0 radical (unpaired) electrons. The van der Waals surface area contributed by atoms with Crippen LogP contribution < -0.4 is 11.1 Å². The monoisotopic (exact) mass is 266 g/mol. The SMILES string of the molecule is Cc1cc(C(=O)NCCC(N)=O)sc1C#CCO. The van der Waals surface area contributed by atoms with Crippen molar-refractivity contribution in [2.75, 3.05) is 13.2 Å². The molecule has 5 nitrogen and oxygen atoms in total. The summed E-state index contributed by atoms with van der Waals surface area (Å²) < 4.78 is 0. The summed E-state index contributed by atoms with van der Waals surface area (Å²) in [6.45, 7) is 1.86. The van der Waals surface area contributed by atoms with Crippen LogP contribution in [-0.4, -0.2) is 30.1 Å². The summed E-state index contributed by atoms with van der Waals surface area (Å²) in [6.07, 6.45) is 0.118. The first-order valence-corrected chi connectivity index (χ1v) is 6.13. The minimum atomic E-state index is -0.452. The largest absolute Gasteiger partial charge is 0.384 e. The van der Waals surface area contributed by atoms with Crippen molar-refractivity contribution in [3.05, 3.63) is 21.4 Å². The van der Waals surface area contributed by atoms with Crippen LogP contribution >= 0.6 is 11.3 Å². The average molecular weight is 266 g/mol. The first-order valence-electron chi connectivity index (χ1n) is 5.31. The zero-order chi connectivity index (χ0) is 13.5. The number of aliphatic hydroxyl groups excluding tert-OH is 1. The number of amides is 2. The summed E-state index contributed by atoms with van der Waals surface area (Å²) in [6, 6.07) is 1.73. The fourth-order valence-electron chi connectivity index (χ4n) is 1.22. The maximum atomic E-state index is 11.7. The van der Waals surface area contributed by atoms with Crippen LogP contribution in [-0.2, 0) is 4.79 Å². The van der Waals surface area contributed by atoms with Crippen molar-refractivity contribution < 1.29 is 14.7 Å². The highest BCUT2D eigenvalue weighted by Crippen LogP contribution is 2.20. The van der Waals surface area contributed by atoms with Gasteiger partial charge in [-0.2, -0.15) is 0 Å². The number of rotatable bonds is 4. The van der Waals surface area contributed by atoms with Crippen LogP contribution in [0.15, 0.2) is 6.07 Å². The highest BCUT2D eigenvalue weighted by atomic mass is 32.1. The zero-order valence-electron chi connectivity index (χ0n) is 9.95. The molecule has 0 aliphatic rings. The number of carbonyl (C=O) groups is 2. The van der Waals surface area contributed by atoms with Crippen LogP contribution in [0.2, 0.25) is 0 Å². The molecule has 1 aromatic rings. The standard InChI is InChI=1S/C12H14N2O3S/c1-8-7-10(18-9(8)3-2-6-15)12(17)14-5-4-11(13)16/h7,15H,4-6H2,1H3,(H2,13,16)(H,14,17). The number of nitrogens with one attached hydrogen (secondary N) is 1. The van der Waals surface area contributed by atoms with E-state index in [0.29, 0.717) is 4.88 Å². The number of hydrogen-bond acceptors (Lipinski definition) is 4. The molecule has 0 aliphatic heterocycles. The number of aryl methyl sites for hydroxylation is 1. The lowest BCUT2D eigenvalue weighted by Crippen LogP contribution is -2.27. The van der Waals surface area contributed by atoms with Gasteiger partial charge in [0.1, 0.15) is 6.61 Å². The minimum absolute atomic E-state index is 0.118. The minimum Gasteiger partial charge on any atom is -0.384 e. The Hall–Kier alpha value is -1.84. The highest BCUT2D eigenvalue weighted by molar-refractivity contribution is 7.14. The van der Waals surface area contributed by atoms with E-state index in [9.17, 15) is 9.59 Å². The van der Waals surface area contributed by atoms with Crippen molar-refractivity contribution in [3.63, 3.8) is 0 Å². The molecule has 0 saturated heterocycles. The molecule has 0 aromatic carbocycles. The summed E-state index contributed by atoms with van der Waals surface area (Å²) in [5.41, 5.74) is 5.86. The molecule has 18 heavy (non-hydrogen) atoms. The van der Waals surface area contributed by atoms with Gasteiger partial charge < -0.3 is 16.2 Å². The van der Waals surface area contributed by atoms with Gasteiger partial charge in [-0.25, -0.2) is 0 Å². The van der Waals surface area contributed by atoms with E-state index in [1.807, 2.05) is 6.92 Å². The van der Waals surface area contributed by atoms with Gasteiger partial charge in [-0.1, -0.05) is 11.8 Å². The van der Waals surface area contributed by atoms with E-state index >= 15 is 0 Å². The molecule has 0 aliphatic carbocycles. The van der Waals surface area contributed by atoms with Gasteiger partial charge in [0.25, 0.3) is 5.91 Å². The molecular weight excluding hydrogens is 252 g/mol. The third kappa shape index (κ3) is 4.20. The first-order chi connectivity index (χ1) is 8.54. The van der Waals surface area contributed by atoms with Crippen LogP contribution in [0.3, 0.4) is 0 Å². The molecule has 6 heteroatoms. The predicted molar refractivity (Wildman–Crippen MR) is 69.2 cm³/mol. The van der Waals surface area contributed by atoms with Crippen molar-refractivity contribution in [1.29, 1.82) is 0 Å². The molecule has 1 rings (SSSR count). The Bertz CT molecular complexity index is 511. The fraction of sp³-hybridized carbons (Fsp3) is 0.333. The molecular formula is C12H14N2O3S. The maximum Gasteiger partial charge on any atom is 0.261 e. The van der Waals surface area contributed by atoms with Gasteiger partial charge in [-0.15, -0.1) is 11.3 Å². The van der Waals surface area contributed by atoms with Crippen molar-refractivity contribution in [2.24, 2.45) is 5.73 Å². The van der Waals surface area contributed by atoms with Gasteiger partial charge in [-0.3, -0.25) is 9.59 Å². The molecule has 0 unspecified atom stereocenters. The lowest BCUT2D eigenvalue weighted by atomic mass is 10.2. The number of aliphatic hydroxyl groups is 1. The normalized spacial score (nSPS) is 9.44. The quantitative estimate of drug-likeness (QED) is 0.670. The second-order valence-corrected chi connectivity index (χ2v) is 4.61. The van der Waals surface area contributed by atoms with Crippen LogP contribution in [0.5, 0.6) is 0 Å². The van der Waals surface area contributed by atoms with Crippen molar-refractivity contribution in [3.8, 4) is 11.8 Å². The number of thiophene rings is 1. The Labute approximate surface area is 109 Å². The molecule has 96 valence electrons. The summed E-state index contributed by atoms with van der Waals surface area (Å²) in [7, 11) is 0. The number of nitrogens with two attached hydrogens (primary N) is 1. The van der Waals surface area contributed by atoms with E-state index in [2.05, 4.69) is 17.2 Å². The van der Waals surface area contributed by atoms with E-state index in [1.54, 1.807) is 6.07 Å². The zero-order valence-corrected chi connectivity index (χ0v) is 10.8. The van der Waals surface area contributed by atoms with Crippen LogP contribution in [0.1, 0.15) is 26.5 Å². The molecule has 0 fully saturated rings. The summed E-state index contributed by atoms with van der Waals surface area (Å²) in [4.78, 5) is 23.5. The lowest BCUT2D eigenvalue weighted by Gasteiger charge is -2.00. The molecule has 1 heterocycles. The average Bonchev–Trinajstić information content (AvgIpc) is 2.67. The molecule has 0 spiro atoms. The lowest BCUT2D eigenvalue weighted by molar-refractivity contribution is -0.117. The molecule has 1 aromatic heterocycles. The van der Waals surface area contributed by atoms with Gasteiger partial charge in [-0.05, 0) is 18.6 Å². The Morgan fingerprint density at radius 3 is 2.89 bits per heavy atom. The van der Waals surface area contributed by atoms with E-state index in [0.717, 1.165) is 10.4 Å². The Morgan fingerprint density at radius 1 is 1.56 bits per heavy atom. The summed E-state index contributed by atoms with van der Waals surface area (Å²) >= 11 is 1.25. The Morgan fingerprint density at radius 2 is 2.28 bits per heavy atom. The third-order valence-electron chi connectivity index (χ3n) is 2.08. The van der Waals surface area contributed by atoms with Crippen LogP contribution in [0.25, 0.3) is 0 Å². The highest BCUT2D eigenvalue weighted by Gasteiger charge is 2.11. The van der Waals surface area contributed by atoms with E-state index in [-0.39, 0.29) is 25.5 Å². The van der Waals surface area contributed by atoms with Gasteiger partial charge in [0.2, 0.25) is 5.91 Å². The van der Waals surface area contributed by atoms with Gasteiger partial charge in [0.15, 0.2) is 0 Å². The molecule has 0 bridgehead atoms. The van der Waals surface area contributed by atoms with Crippen molar-refractivity contribution in [2.45, 2.75) is 13.3 Å². The second-order valence-electron chi connectivity index (χ2n) is 3.55. The summed E-state index contributed by atoms with van der Waals surface area (Å²) in [5, 5.41) is 11.2. The number of carbonyl (C=O) groups excluding carboxylic acids is 2.